The second-order valence-corrected chi connectivity index (χ2v) is 2.96. The molecule has 0 amide bonds. The summed E-state index contributed by atoms with van der Waals surface area (Å²) < 4.78 is 0. The zero-order valence-electron chi connectivity index (χ0n) is 7.16. The fraction of sp³-hybridized carbons (Fsp3) is 0.778. The minimum atomic E-state index is -0.395. The molecule has 2 N–H and O–H groups in total. The number of hydrogen-bond acceptors (Lipinski definition) is 2. The Kier molecular flexibility index (Phi) is 6.18. The zero-order valence-corrected chi connectivity index (χ0v) is 7.16. The molecule has 0 spiro atoms. The van der Waals surface area contributed by atoms with Crippen molar-refractivity contribution in [1.29, 1.82) is 0 Å². The zero-order chi connectivity index (χ0) is 8.69. The van der Waals surface area contributed by atoms with E-state index in [4.69, 9.17) is 5.11 Å². The number of hydrogen-bond donors (Lipinski definition) is 2. The van der Waals surface area contributed by atoms with Crippen LogP contribution < -0.4 is 0 Å². The molecular weight excluding hydrogens is 140 g/mol. The third kappa shape index (κ3) is 7.56. The Hall–Kier alpha value is -0.340. The molecule has 0 rings (SSSR count). The van der Waals surface area contributed by atoms with E-state index in [9.17, 15) is 5.11 Å². The van der Waals surface area contributed by atoms with E-state index in [2.05, 4.69) is 6.58 Å². The molecule has 0 saturated carbocycles. The topological polar surface area (TPSA) is 40.5 Å². The van der Waals surface area contributed by atoms with Gasteiger partial charge in [0, 0.05) is 0 Å². The maximum atomic E-state index is 9.25. The SMILES string of the molecule is C=CCCC[C@H](O)C[C@H](C)O. The quantitative estimate of drug-likeness (QED) is 0.454. The van der Waals surface area contributed by atoms with Crippen LogP contribution in [-0.4, -0.2) is 22.4 Å². The Bertz CT molecular complexity index is 99.7. The first-order valence-electron chi connectivity index (χ1n) is 4.13. The second kappa shape index (κ2) is 6.38. The third-order valence-electron chi connectivity index (χ3n) is 1.56. The van der Waals surface area contributed by atoms with Crippen molar-refractivity contribution in [3.05, 3.63) is 12.7 Å². The lowest BCUT2D eigenvalue weighted by molar-refractivity contribution is 0.0841. The van der Waals surface area contributed by atoms with Gasteiger partial charge in [-0.3, -0.25) is 0 Å². The van der Waals surface area contributed by atoms with Gasteiger partial charge in [0.1, 0.15) is 0 Å². The molecule has 2 atom stereocenters. The van der Waals surface area contributed by atoms with Gasteiger partial charge >= 0.3 is 0 Å². The largest absolute Gasteiger partial charge is 0.393 e. The van der Waals surface area contributed by atoms with Gasteiger partial charge in [-0.05, 0) is 32.6 Å². The third-order valence-corrected chi connectivity index (χ3v) is 1.56. The van der Waals surface area contributed by atoms with Crippen molar-refractivity contribution in [3.8, 4) is 0 Å². The summed E-state index contributed by atoms with van der Waals surface area (Å²) in [4.78, 5) is 0. The van der Waals surface area contributed by atoms with E-state index in [0.29, 0.717) is 6.42 Å². The highest BCUT2D eigenvalue weighted by atomic mass is 16.3. The molecule has 0 heterocycles. The molecule has 2 heteroatoms. The fourth-order valence-electron chi connectivity index (χ4n) is 1.01. The average molecular weight is 158 g/mol. The molecular formula is C9H18O2. The predicted octanol–water partition coefficient (Wildman–Crippen LogP) is 1.47. The lowest BCUT2D eigenvalue weighted by Crippen LogP contribution is -2.14. The van der Waals surface area contributed by atoms with Gasteiger partial charge < -0.3 is 10.2 Å². The van der Waals surface area contributed by atoms with Crippen LogP contribution in [-0.2, 0) is 0 Å². The minimum absolute atomic E-state index is 0.352. The molecule has 2 nitrogen and oxygen atoms in total. The first-order chi connectivity index (χ1) is 5.16. The van der Waals surface area contributed by atoms with Crippen molar-refractivity contribution in [2.45, 2.75) is 44.8 Å². The van der Waals surface area contributed by atoms with Crippen LogP contribution in [0, 0.1) is 0 Å². The van der Waals surface area contributed by atoms with Gasteiger partial charge in [0.2, 0.25) is 0 Å². The van der Waals surface area contributed by atoms with E-state index >= 15 is 0 Å². The van der Waals surface area contributed by atoms with E-state index < -0.39 is 6.10 Å². The maximum absolute atomic E-state index is 9.25. The molecule has 0 aromatic rings. The lowest BCUT2D eigenvalue weighted by Gasteiger charge is -2.10. The maximum Gasteiger partial charge on any atom is 0.0564 e. The normalized spacial score (nSPS) is 15.9. The van der Waals surface area contributed by atoms with Crippen molar-refractivity contribution < 1.29 is 10.2 Å². The van der Waals surface area contributed by atoms with Crippen LogP contribution in [0.15, 0.2) is 12.7 Å². The molecule has 0 radical (unpaired) electrons. The van der Waals surface area contributed by atoms with Crippen LogP contribution in [0.5, 0.6) is 0 Å². The van der Waals surface area contributed by atoms with Crippen LogP contribution in [0.3, 0.4) is 0 Å². The Morgan fingerprint density at radius 1 is 1.45 bits per heavy atom. The van der Waals surface area contributed by atoms with E-state index in [-0.39, 0.29) is 6.10 Å². The Balaban J connectivity index is 3.21. The van der Waals surface area contributed by atoms with Gasteiger partial charge in [0.15, 0.2) is 0 Å². The Morgan fingerprint density at radius 2 is 2.09 bits per heavy atom. The van der Waals surface area contributed by atoms with Crippen molar-refractivity contribution in [3.63, 3.8) is 0 Å². The highest BCUT2D eigenvalue weighted by Gasteiger charge is 2.06. The number of unbranched alkanes of at least 4 members (excludes halogenated alkanes) is 1. The monoisotopic (exact) mass is 158 g/mol. The highest BCUT2D eigenvalue weighted by molar-refractivity contribution is 4.68. The first-order valence-corrected chi connectivity index (χ1v) is 4.13. The lowest BCUT2D eigenvalue weighted by atomic mass is 10.1. The second-order valence-electron chi connectivity index (χ2n) is 2.96. The van der Waals surface area contributed by atoms with Crippen molar-refractivity contribution in [2.24, 2.45) is 0 Å². The Morgan fingerprint density at radius 3 is 2.55 bits per heavy atom. The van der Waals surface area contributed by atoms with Crippen molar-refractivity contribution in [1.82, 2.24) is 0 Å². The van der Waals surface area contributed by atoms with E-state index in [0.717, 1.165) is 19.3 Å². The molecule has 0 saturated heterocycles. The van der Waals surface area contributed by atoms with Gasteiger partial charge in [0.05, 0.1) is 12.2 Å². The summed E-state index contributed by atoms with van der Waals surface area (Å²) in [6, 6.07) is 0. The molecule has 0 fully saturated rings. The molecule has 66 valence electrons. The van der Waals surface area contributed by atoms with Crippen LogP contribution in [0.2, 0.25) is 0 Å². The summed E-state index contributed by atoms with van der Waals surface area (Å²) >= 11 is 0. The summed E-state index contributed by atoms with van der Waals surface area (Å²) in [5, 5.41) is 18.2. The van der Waals surface area contributed by atoms with Gasteiger partial charge in [-0.1, -0.05) is 6.08 Å². The number of aliphatic hydroxyl groups excluding tert-OH is 2. The Labute approximate surface area is 68.6 Å². The van der Waals surface area contributed by atoms with Crippen LogP contribution in [0.1, 0.15) is 32.6 Å². The fourth-order valence-corrected chi connectivity index (χ4v) is 1.01. The van der Waals surface area contributed by atoms with E-state index in [1.807, 2.05) is 6.08 Å². The summed E-state index contributed by atoms with van der Waals surface area (Å²) in [6.45, 7) is 5.28. The standard InChI is InChI=1S/C9H18O2/c1-3-4-5-6-9(11)7-8(2)10/h3,8-11H,1,4-7H2,2H3/t8-,9-/m0/s1. The first kappa shape index (κ1) is 10.7. The predicted molar refractivity (Wildman–Crippen MR) is 46.4 cm³/mol. The molecule has 11 heavy (non-hydrogen) atoms. The van der Waals surface area contributed by atoms with E-state index in [1.165, 1.54) is 0 Å². The van der Waals surface area contributed by atoms with Crippen LogP contribution in [0.25, 0.3) is 0 Å². The van der Waals surface area contributed by atoms with Crippen molar-refractivity contribution >= 4 is 0 Å². The molecule has 0 aromatic carbocycles. The molecule has 0 unspecified atom stereocenters. The van der Waals surface area contributed by atoms with Gasteiger partial charge in [-0.15, -0.1) is 6.58 Å². The average Bonchev–Trinajstić information content (AvgIpc) is 1.86. The molecule has 0 aliphatic heterocycles. The molecule has 0 aliphatic carbocycles. The van der Waals surface area contributed by atoms with Gasteiger partial charge in [0.25, 0.3) is 0 Å². The minimum Gasteiger partial charge on any atom is -0.393 e. The highest BCUT2D eigenvalue weighted by Crippen LogP contribution is 2.06. The molecule has 0 bridgehead atoms. The molecule has 0 aromatic heterocycles. The van der Waals surface area contributed by atoms with Gasteiger partial charge in [-0.2, -0.15) is 0 Å². The number of aliphatic hydroxyl groups is 2. The van der Waals surface area contributed by atoms with Crippen LogP contribution >= 0.6 is 0 Å². The molecule has 0 aliphatic rings. The van der Waals surface area contributed by atoms with E-state index in [1.54, 1.807) is 6.92 Å². The van der Waals surface area contributed by atoms with Gasteiger partial charge in [-0.25, -0.2) is 0 Å². The summed E-state index contributed by atoms with van der Waals surface area (Å²) in [7, 11) is 0. The smallest absolute Gasteiger partial charge is 0.0564 e. The number of allylic oxidation sites excluding steroid dienone is 1. The van der Waals surface area contributed by atoms with Crippen LogP contribution in [0.4, 0.5) is 0 Å². The summed E-state index contributed by atoms with van der Waals surface area (Å²) in [5.74, 6) is 0. The summed E-state index contributed by atoms with van der Waals surface area (Å²) in [6.07, 6.45) is 4.24. The number of rotatable bonds is 6. The summed E-state index contributed by atoms with van der Waals surface area (Å²) in [5.41, 5.74) is 0. The van der Waals surface area contributed by atoms with Crippen molar-refractivity contribution in [2.75, 3.05) is 0 Å².